The van der Waals surface area contributed by atoms with Crippen molar-refractivity contribution in [2.75, 3.05) is 18.4 Å². The van der Waals surface area contributed by atoms with Crippen LogP contribution in [0.2, 0.25) is 0 Å². The fourth-order valence-electron chi connectivity index (χ4n) is 3.40. The van der Waals surface area contributed by atoms with Crippen LogP contribution in [0.25, 0.3) is 0 Å². The maximum atomic E-state index is 14.6. The molecule has 2 heterocycles. The van der Waals surface area contributed by atoms with Gasteiger partial charge >= 0.3 is 0 Å². The minimum atomic E-state index is -4.11. The number of nitrogens with one attached hydrogen (secondary N) is 1. The third-order valence-electron chi connectivity index (χ3n) is 5.19. The van der Waals surface area contributed by atoms with Gasteiger partial charge in [0.15, 0.2) is 9.84 Å². The summed E-state index contributed by atoms with van der Waals surface area (Å²) in [6, 6.07) is 6.20. The van der Waals surface area contributed by atoms with Crippen LogP contribution in [0.3, 0.4) is 0 Å². The van der Waals surface area contributed by atoms with E-state index in [0.29, 0.717) is 18.2 Å². The molecule has 1 aliphatic heterocycles. The molecule has 164 valence electrons. The van der Waals surface area contributed by atoms with Gasteiger partial charge in [-0.3, -0.25) is 4.90 Å². The minimum absolute atomic E-state index is 0.0584. The Morgan fingerprint density at radius 1 is 1.10 bits per heavy atom. The molecule has 0 atom stereocenters. The van der Waals surface area contributed by atoms with Crippen LogP contribution < -0.4 is 5.32 Å². The Bertz CT molecular complexity index is 1180. The molecule has 10 heteroatoms. The molecule has 0 amide bonds. The molecule has 1 aromatic heterocycles. The van der Waals surface area contributed by atoms with Crippen LogP contribution in [0, 0.1) is 17.5 Å². The number of benzene rings is 2. The molecule has 5 nitrogen and oxygen atoms in total. The van der Waals surface area contributed by atoms with E-state index in [0.717, 1.165) is 31.1 Å². The summed E-state index contributed by atoms with van der Waals surface area (Å²) in [7, 11) is -4.11. The first kappa shape index (κ1) is 21.8. The van der Waals surface area contributed by atoms with Crippen LogP contribution in [0.5, 0.6) is 0 Å². The monoisotopic (exact) mass is 467 g/mol. The van der Waals surface area contributed by atoms with Crippen LogP contribution in [0.1, 0.15) is 23.2 Å². The predicted octanol–water partition coefficient (Wildman–Crippen LogP) is 4.35. The summed E-state index contributed by atoms with van der Waals surface area (Å²) in [4.78, 5) is 5.32. The zero-order valence-electron chi connectivity index (χ0n) is 16.4. The van der Waals surface area contributed by atoms with Gasteiger partial charge < -0.3 is 5.32 Å². The second-order valence-electron chi connectivity index (χ2n) is 7.36. The lowest BCUT2D eigenvalue weighted by molar-refractivity contribution is 0.172. The van der Waals surface area contributed by atoms with Gasteiger partial charge in [-0.2, -0.15) is 0 Å². The van der Waals surface area contributed by atoms with Crippen molar-refractivity contribution < 1.29 is 21.6 Å². The molecule has 0 unspecified atom stereocenters. The molecule has 0 radical (unpaired) electrons. The number of likely N-dealkylation sites (tertiary alicyclic amines) is 1. The summed E-state index contributed by atoms with van der Waals surface area (Å²) >= 11 is 1.21. The topological polar surface area (TPSA) is 62.3 Å². The van der Waals surface area contributed by atoms with E-state index < -0.39 is 37.9 Å². The van der Waals surface area contributed by atoms with Gasteiger partial charge in [-0.15, -0.1) is 11.3 Å². The molecule has 0 saturated carbocycles. The Labute approximate surface area is 182 Å². The highest BCUT2D eigenvalue weighted by atomic mass is 32.2. The molecule has 1 aliphatic rings. The van der Waals surface area contributed by atoms with Gasteiger partial charge in [0.25, 0.3) is 0 Å². The number of halogens is 3. The van der Waals surface area contributed by atoms with Crippen molar-refractivity contribution in [2.45, 2.75) is 30.2 Å². The van der Waals surface area contributed by atoms with E-state index in [9.17, 15) is 21.6 Å². The molecule has 3 aromatic rings. The van der Waals surface area contributed by atoms with Crippen molar-refractivity contribution in [3.05, 3.63) is 75.5 Å². The molecular formula is C21H20F3N3O2S2. The van der Waals surface area contributed by atoms with E-state index in [2.05, 4.69) is 15.2 Å². The van der Waals surface area contributed by atoms with E-state index in [-0.39, 0.29) is 17.9 Å². The number of thiazole rings is 1. The van der Waals surface area contributed by atoms with Gasteiger partial charge in [0.2, 0.25) is 0 Å². The highest BCUT2D eigenvalue weighted by Gasteiger charge is 2.24. The molecule has 1 N–H and O–H groups in total. The van der Waals surface area contributed by atoms with Crippen molar-refractivity contribution in [1.82, 2.24) is 9.88 Å². The van der Waals surface area contributed by atoms with E-state index in [4.69, 9.17) is 0 Å². The van der Waals surface area contributed by atoms with Gasteiger partial charge in [-0.05, 0) is 37.2 Å². The van der Waals surface area contributed by atoms with Gasteiger partial charge in [0, 0.05) is 30.1 Å². The first-order valence-electron chi connectivity index (χ1n) is 9.65. The number of aromatic nitrogens is 1. The average molecular weight is 468 g/mol. The Morgan fingerprint density at radius 3 is 2.58 bits per heavy atom. The van der Waals surface area contributed by atoms with Crippen molar-refractivity contribution >= 4 is 26.9 Å². The van der Waals surface area contributed by atoms with Crippen molar-refractivity contribution in [2.24, 2.45) is 0 Å². The summed E-state index contributed by atoms with van der Waals surface area (Å²) in [5, 5.41) is 4.24. The van der Waals surface area contributed by atoms with Gasteiger partial charge in [0.05, 0.1) is 22.6 Å². The van der Waals surface area contributed by atoms with E-state index in [1.807, 2.05) is 6.07 Å². The van der Waals surface area contributed by atoms with Gasteiger partial charge in [-0.1, -0.05) is 12.1 Å². The van der Waals surface area contributed by atoms with Crippen LogP contribution in [0.4, 0.5) is 18.9 Å². The average Bonchev–Trinajstić information content (AvgIpc) is 3.18. The van der Waals surface area contributed by atoms with E-state index >= 15 is 0 Å². The summed E-state index contributed by atoms with van der Waals surface area (Å²) in [5.41, 5.74) is 2.64. The van der Waals surface area contributed by atoms with E-state index in [1.165, 1.54) is 28.3 Å². The maximum absolute atomic E-state index is 14.6. The molecule has 2 aromatic carbocycles. The largest absolute Gasteiger partial charge is 0.378 e. The quantitative estimate of drug-likeness (QED) is 0.534. The molecule has 0 bridgehead atoms. The summed E-state index contributed by atoms with van der Waals surface area (Å²) in [6.07, 6.45) is 1.10. The smallest absolute Gasteiger partial charge is 0.187 e. The van der Waals surface area contributed by atoms with E-state index in [1.54, 1.807) is 6.07 Å². The Hall–Kier alpha value is -2.43. The second-order valence-corrected chi connectivity index (χ2v) is 10.0. The minimum Gasteiger partial charge on any atom is -0.378 e. The molecule has 31 heavy (non-hydrogen) atoms. The lowest BCUT2D eigenvalue weighted by Gasteiger charge is -2.31. The Morgan fingerprint density at radius 2 is 1.90 bits per heavy atom. The van der Waals surface area contributed by atoms with Gasteiger partial charge in [0.1, 0.15) is 22.3 Å². The lowest BCUT2D eigenvalue weighted by Crippen LogP contribution is -2.36. The second kappa shape index (κ2) is 8.97. The highest BCUT2D eigenvalue weighted by molar-refractivity contribution is 7.90. The third-order valence-corrected chi connectivity index (χ3v) is 7.49. The highest BCUT2D eigenvalue weighted by Crippen LogP contribution is 2.27. The zero-order chi connectivity index (χ0) is 22.0. The van der Waals surface area contributed by atoms with Crippen LogP contribution >= 0.6 is 11.3 Å². The van der Waals surface area contributed by atoms with Crippen LogP contribution in [-0.4, -0.2) is 31.4 Å². The molecule has 1 fully saturated rings. The molecule has 1 saturated heterocycles. The molecule has 0 spiro atoms. The SMILES string of the molecule is O=S(=O)(Cc1cscn1)c1cc(F)c(NCc2c(F)cccc2CN2CCC2)cc1F. The van der Waals surface area contributed by atoms with Gasteiger partial charge in [-0.25, -0.2) is 26.6 Å². The molecule has 0 aliphatic carbocycles. The standard InChI is InChI=1S/C21H20F3N3O2S2/c22-17-4-1-3-14(10-27-5-2-6-27)16(17)9-25-20-7-19(24)21(8-18(20)23)31(28,29)12-15-11-30-13-26-15/h1,3-4,7-8,11,13,25H,2,5-6,9-10,12H2. The van der Waals surface area contributed by atoms with Crippen LogP contribution in [0.15, 0.2) is 46.1 Å². The predicted molar refractivity (Wildman–Crippen MR) is 113 cm³/mol. The summed E-state index contributed by atoms with van der Waals surface area (Å²) in [5.74, 6) is -2.96. The molecular weight excluding hydrogens is 447 g/mol. The summed E-state index contributed by atoms with van der Waals surface area (Å²) in [6.45, 7) is 2.41. The van der Waals surface area contributed by atoms with Crippen molar-refractivity contribution in [3.63, 3.8) is 0 Å². The fourth-order valence-corrected chi connectivity index (χ4v) is 5.40. The Balaban J connectivity index is 1.53. The third kappa shape index (κ3) is 4.91. The lowest BCUT2D eigenvalue weighted by atomic mass is 10.0. The fraction of sp³-hybridized carbons (Fsp3) is 0.286. The normalized spacial score (nSPS) is 14.4. The maximum Gasteiger partial charge on any atom is 0.187 e. The van der Waals surface area contributed by atoms with Crippen molar-refractivity contribution in [3.8, 4) is 0 Å². The zero-order valence-corrected chi connectivity index (χ0v) is 18.1. The number of rotatable bonds is 8. The van der Waals surface area contributed by atoms with Crippen LogP contribution in [-0.2, 0) is 28.7 Å². The number of sulfone groups is 1. The molecule has 4 rings (SSSR count). The Kier molecular flexibility index (Phi) is 6.31. The number of nitrogens with zero attached hydrogens (tertiary/aromatic N) is 2. The number of hydrogen-bond donors (Lipinski definition) is 1. The first-order valence-corrected chi connectivity index (χ1v) is 12.2. The number of hydrogen-bond acceptors (Lipinski definition) is 6. The van der Waals surface area contributed by atoms with Crippen molar-refractivity contribution in [1.29, 1.82) is 0 Å². The number of anilines is 1. The summed E-state index contributed by atoms with van der Waals surface area (Å²) < 4.78 is 68.5. The first-order chi connectivity index (χ1) is 14.8.